The van der Waals surface area contributed by atoms with E-state index in [0.717, 1.165) is 23.0 Å². The summed E-state index contributed by atoms with van der Waals surface area (Å²) >= 11 is 3.18. The minimum Gasteiger partial charge on any atom is -0.464 e. The highest BCUT2D eigenvalue weighted by atomic mass is 32.2. The Balaban J connectivity index is 1.95. The minimum atomic E-state index is -0.686. The first-order valence-electron chi connectivity index (χ1n) is 13.6. The molecule has 4 N–H and O–H groups in total. The highest BCUT2D eigenvalue weighted by molar-refractivity contribution is 7.98. The van der Waals surface area contributed by atoms with Gasteiger partial charge in [-0.2, -0.15) is 23.5 Å². The van der Waals surface area contributed by atoms with Gasteiger partial charge in [-0.15, -0.1) is 0 Å². The van der Waals surface area contributed by atoms with Gasteiger partial charge in [0.2, 0.25) is 0 Å². The highest BCUT2D eigenvalue weighted by Crippen LogP contribution is 2.21. The van der Waals surface area contributed by atoms with E-state index in [0.29, 0.717) is 49.2 Å². The molecule has 43 heavy (non-hydrogen) atoms. The molecule has 0 radical (unpaired) electrons. The van der Waals surface area contributed by atoms with Crippen molar-refractivity contribution in [2.45, 2.75) is 31.0 Å². The van der Waals surface area contributed by atoms with Gasteiger partial charge in [0.25, 0.3) is 11.4 Å². The lowest BCUT2D eigenvalue weighted by atomic mass is 10.2. The smallest absolute Gasteiger partial charge is 0.296 e. The van der Waals surface area contributed by atoms with E-state index in [1.807, 2.05) is 62.3 Å². The first kappa shape index (κ1) is 35.9. The van der Waals surface area contributed by atoms with Crippen molar-refractivity contribution in [3.05, 3.63) is 90.6 Å². The van der Waals surface area contributed by atoms with E-state index < -0.39 is 27.7 Å². The number of nitro groups is 2. The lowest BCUT2D eigenvalue weighted by Gasteiger charge is -2.20. The number of thioether (sulfide) groups is 2. The van der Waals surface area contributed by atoms with Crippen molar-refractivity contribution in [2.75, 3.05) is 66.9 Å². The Kier molecular flexibility index (Phi) is 14.8. The molecule has 240 valence electrons. The Labute approximate surface area is 261 Å². The second kappa shape index (κ2) is 17.7. The van der Waals surface area contributed by atoms with Crippen LogP contribution in [0, 0.1) is 20.2 Å². The molecule has 0 aliphatic heterocycles. The molecular weight excluding hydrogens is 596 g/mol. The summed E-state index contributed by atoms with van der Waals surface area (Å²) < 4.78 is 11.6. The first-order chi connectivity index (χ1) is 20.3. The zero-order valence-electron chi connectivity index (χ0n) is 25.8. The third-order valence-electron chi connectivity index (χ3n) is 6.20. The average Bonchev–Trinajstić information content (AvgIpc) is 3.56. The van der Waals surface area contributed by atoms with E-state index in [9.17, 15) is 20.2 Å². The van der Waals surface area contributed by atoms with Crippen molar-refractivity contribution >= 4 is 23.5 Å². The van der Waals surface area contributed by atoms with E-state index in [2.05, 4.69) is 0 Å². The second-order valence-electron chi connectivity index (χ2n) is 10.5. The molecule has 0 saturated heterocycles. The molecule has 2 rings (SSSR count). The van der Waals surface area contributed by atoms with Gasteiger partial charge in [0.05, 0.1) is 34.4 Å². The monoisotopic (exact) mass is 640 g/mol. The van der Waals surface area contributed by atoms with E-state index in [1.54, 1.807) is 37.6 Å². The zero-order valence-corrected chi connectivity index (χ0v) is 27.4. The average molecular weight is 641 g/mol. The number of rotatable bonds is 20. The molecule has 0 aromatic carbocycles. The Morgan fingerprint density at radius 3 is 1.37 bits per heavy atom. The summed E-state index contributed by atoms with van der Waals surface area (Å²) in [4.78, 5) is 29.5. The Morgan fingerprint density at radius 2 is 1.05 bits per heavy atom. The number of nitrogens with two attached hydrogens (primary N) is 2. The largest absolute Gasteiger partial charge is 0.464 e. The Bertz CT molecular complexity index is 1170. The molecule has 16 heteroatoms. The van der Waals surface area contributed by atoms with Crippen LogP contribution in [0.2, 0.25) is 0 Å². The van der Waals surface area contributed by atoms with Crippen molar-refractivity contribution < 1.29 is 18.7 Å². The van der Waals surface area contributed by atoms with Crippen molar-refractivity contribution in [3.8, 4) is 0 Å². The van der Waals surface area contributed by atoms with Crippen LogP contribution < -0.4 is 11.5 Å². The van der Waals surface area contributed by atoms with E-state index >= 15 is 0 Å². The number of nitrogens with zero attached hydrogens (tertiary/aromatic N) is 6. The molecule has 0 bridgehead atoms. The second-order valence-corrected chi connectivity index (χ2v) is 12.7. The van der Waals surface area contributed by atoms with Crippen LogP contribution in [0.1, 0.15) is 29.5 Å². The lowest BCUT2D eigenvalue weighted by molar-refractivity contribution is -0.452. The number of hydrogen-bond acceptors (Lipinski definition) is 14. The maximum absolute atomic E-state index is 11.9. The van der Waals surface area contributed by atoms with Gasteiger partial charge in [-0.3, -0.25) is 20.2 Å². The maximum Gasteiger partial charge on any atom is 0.296 e. The van der Waals surface area contributed by atoms with Gasteiger partial charge in [0.1, 0.15) is 29.5 Å². The molecule has 0 saturated carbocycles. The van der Waals surface area contributed by atoms with E-state index in [-0.39, 0.29) is 11.6 Å². The van der Waals surface area contributed by atoms with Gasteiger partial charge < -0.3 is 39.9 Å². The van der Waals surface area contributed by atoms with Gasteiger partial charge in [0, 0.05) is 38.7 Å². The lowest BCUT2D eigenvalue weighted by Crippen LogP contribution is -2.32. The molecule has 0 aliphatic rings. The highest BCUT2D eigenvalue weighted by Gasteiger charge is 2.30. The molecule has 0 aliphatic carbocycles. The normalized spacial score (nSPS) is 12.8. The van der Waals surface area contributed by atoms with Gasteiger partial charge in [-0.1, -0.05) is 0 Å². The summed E-state index contributed by atoms with van der Waals surface area (Å²) in [5, 5.41) is 23.8. The summed E-state index contributed by atoms with van der Waals surface area (Å²) in [7, 11) is 11.1. The molecule has 2 heterocycles. The van der Waals surface area contributed by atoms with Crippen molar-refractivity contribution in [3.63, 3.8) is 0 Å². The predicted molar refractivity (Wildman–Crippen MR) is 171 cm³/mol. The number of hydrogen-bond donors (Lipinski definition) is 2. The molecule has 2 aromatic rings. The quantitative estimate of drug-likeness (QED) is 0.122. The predicted octanol–water partition coefficient (Wildman–Crippen LogP) is 3.23. The van der Waals surface area contributed by atoms with Crippen LogP contribution in [0.5, 0.6) is 0 Å². The van der Waals surface area contributed by atoms with Crippen LogP contribution >= 0.6 is 23.5 Å². The molecule has 0 spiro atoms. The standard InChI is InChI=1S/C27H44N8O6S2/c1-30(2)16-20-7-9-22(40-20)18-42-13-11-32(5)26(28)24(34(36)37)15-25(35(38)39)27(29)33(6)12-14-43-19-23-10-8-21(41-23)17-31(3)4/h7-10H,11-19,28-29H2,1-6H3/b26-24-,27-25-. The summed E-state index contributed by atoms with van der Waals surface area (Å²) in [5.74, 6) is 5.65. The molecular formula is C27H44N8O6S2. The summed E-state index contributed by atoms with van der Waals surface area (Å²) in [6.07, 6.45) is -0.616. The molecule has 0 unspecified atom stereocenters. The van der Waals surface area contributed by atoms with Crippen LogP contribution in [0.15, 0.2) is 56.1 Å². The van der Waals surface area contributed by atoms with Crippen molar-refractivity contribution in [2.24, 2.45) is 11.5 Å². The molecule has 0 atom stereocenters. The molecule has 14 nitrogen and oxygen atoms in total. The fraction of sp³-hybridized carbons (Fsp3) is 0.556. The third-order valence-corrected chi connectivity index (χ3v) is 8.12. The first-order valence-corrected chi connectivity index (χ1v) is 15.9. The van der Waals surface area contributed by atoms with Crippen LogP contribution in [0.3, 0.4) is 0 Å². The topological polar surface area (TPSA) is 178 Å². The van der Waals surface area contributed by atoms with Gasteiger partial charge >= 0.3 is 0 Å². The summed E-state index contributed by atoms with van der Waals surface area (Å²) in [6, 6.07) is 7.75. The molecule has 0 fully saturated rings. The SMILES string of the molecule is CN(C)Cc1ccc(CSCCN(C)/C(N)=C(/C/C(=C(\N)N(C)CCSCc2ccc(CN(C)C)o2)[N+](=O)[O-])[N+](=O)[O-])o1. The van der Waals surface area contributed by atoms with Crippen molar-refractivity contribution in [1.29, 1.82) is 0 Å². The van der Waals surface area contributed by atoms with E-state index in [1.165, 1.54) is 9.80 Å². The minimum absolute atomic E-state index is 0.144. The molecule has 2 aromatic heterocycles. The van der Waals surface area contributed by atoms with Gasteiger partial charge in [-0.05, 0) is 52.5 Å². The Morgan fingerprint density at radius 1 is 0.698 bits per heavy atom. The fourth-order valence-corrected chi connectivity index (χ4v) is 5.69. The summed E-state index contributed by atoms with van der Waals surface area (Å²) in [5.41, 5.74) is 11.3. The fourth-order valence-electron chi connectivity index (χ4n) is 3.88. The third kappa shape index (κ3) is 12.4. The van der Waals surface area contributed by atoms with Crippen LogP contribution in [0.25, 0.3) is 0 Å². The van der Waals surface area contributed by atoms with E-state index in [4.69, 9.17) is 20.3 Å². The Hall–Kier alpha value is -3.34. The molecule has 0 amide bonds. The van der Waals surface area contributed by atoms with Gasteiger partial charge in [0.15, 0.2) is 11.6 Å². The van der Waals surface area contributed by atoms with Gasteiger partial charge in [-0.25, -0.2) is 0 Å². The summed E-state index contributed by atoms with van der Waals surface area (Å²) in [6.45, 7) is 2.22. The van der Waals surface area contributed by atoms with Crippen LogP contribution in [-0.2, 0) is 24.6 Å². The van der Waals surface area contributed by atoms with Crippen LogP contribution in [0.4, 0.5) is 0 Å². The van der Waals surface area contributed by atoms with Crippen LogP contribution in [-0.4, -0.2) is 96.3 Å². The van der Waals surface area contributed by atoms with Crippen molar-refractivity contribution in [1.82, 2.24) is 19.6 Å². The zero-order chi connectivity index (χ0) is 32.1. The number of furan rings is 2. The maximum atomic E-state index is 11.9.